The number of alkyl carbamates (subject to hydrolysis) is 1. The standard InChI is InChI=1S/C27H32N2O6/c1-16(30)24(26(32)33)29-25(31)21-13-3-2-4-14-23(21)28-27(34)35-15-22-19-11-7-5-9-17(19)18-10-6-8-12-20(18)22/h5-12,16,21-24,30H,2-4,13-15H2,1H3,(H,28,34)(H,29,31)(H,32,33). The number of aliphatic hydroxyl groups is 1. The lowest BCUT2D eigenvalue weighted by atomic mass is 9.93. The zero-order valence-corrected chi connectivity index (χ0v) is 19.8. The molecule has 4 atom stereocenters. The number of hydrogen-bond donors (Lipinski definition) is 4. The van der Waals surface area contributed by atoms with Crippen molar-refractivity contribution in [3.8, 4) is 11.1 Å². The summed E-state index contributed by atoms with van der Waals surface area (Å²) in [6.45, 7) is 1.49. The highest BCUT2D eigenvalue weighted by Gasteiger charge is 2.35. The lowest BCUT2D eigenvalue weighted by Crippen LogP contribution is -2.53. The van der Waals surface area contributed by atoms with Crippen molar-refractivity contribution in [2.45, 2.75) is 63.1 Å². The van der Waals surface area contributed by atoms with Crippen LogP contribution in [0.15, 0.2) is 48.5 Å². The fourth-order valence-corrected chi connectivity index (χ4v) is 5.23. The molecule has 0 aromatic heterocycles. The minimum absolute atomic E-state index is 0.0660. The molecule has 2 aliphatic rings. The van der Waals surface area contributed by atoms with Crippen LogP contribution in [0.4, 0.5) is 4.79 Å². The Labute approximate surface area is 204 Å². The molecule has 0 spiro atoms. The highest BCUT2D eigenvalue weighted by Crippen LogP contribution is 2.44. The summed E-state index contributed by atoms with van der Waals surface area (Å²) >= 11 is 0. The van der Waals surface area contributed by atoms with E-state index in [1.165, 1.54) is 6.92 Å². The van der Waals surface area contributed by atoms with Crippen LogP contribution in [0.2, 0.25) is 0 Å². The number of fused-ring (bicyclic) bond motifs is 3. The van der Waals surface area contributed by atoms with Crippen LogP contribution < -0.4 is 10.6 Å². The van der Waals surface area contributed by atoms with Crippen LogP contribution in [-0.2, 0) is 14.3 Å². The Morgan fingerprint density at radius 3 is 2.17 bits per heavy atom. The second-order valence-corrected chi connectivity index (χ2v) is 9.39. The van der Waals surface area contributed by atoms with E-state index in [-0.39, 0.29) is 12.5 Å². The van der Waals surface area contributed by atoms with E-state index in [1.807, 2.05) is 36.4 Å². The smallest absolute Gasteiger partial charge is 0.407 e. The van der Waals surface area contributed by atoms with Gasteiger partial charge in [0.1, 0.15) is 6.61 Å². The molecule has 0 aliphatic heterocycles. The summed E-state index contributed by atoms with van der Waals surface area (Å²) in [6, 6.07) is 14.3. The predicted octanol–water partition coefficient (Wildman–Crippen LogP) is 3.42. The Kier molecular flexibility index (Phi) is 7.70. The molecule has 0 radical (unpaired) electrons. The summed E-state index contributed by atoms with van der Waals surface area (Å²) in [4.78, 5) is 37.1. The number of carbonyl (C=O) groups excluding carboxylic acids is 2. The van der Waals surface area contributed by atoms with Crippen LogP contribution in [0.5, 0.6) is 0 Å². The molecule has 1 fully saturated rings. The third-order valence-electron chi connectivity index (χ3n) is 7.05. The number of carboxylic acids is 1. The molecule has 0 saturated heterocycles. The van der Waals surface area contributed by atoms with Gasteiger partial charge in [-0.15, -0.1) is 0 Å². The summed E-state index contributed by atoms with van der Waals surface area (Å²) in [5.41, 5.74) is 4.52. The summed E-state index contributed by atoms with van der Waals surface area (Å²) in [7, 11) is 0. The SMILES string of the molecule is CC(O)C(NC(=O)C1CCCCCC1NC(=O)OCC1c2ccccc2-c2ccccc21)C(=O)O. The second-order valence-electron chi connectivity index (χ2n) is 9.39. The largest absolute Gasteiger partial charge is 0.480 e. The molecule has 8 nitrogen and oxygen atoms in total. The number of amides is 2. The molecular formula is C27H32N2O6. The number of nitrogens with one attached hydrogen (secondary N) is 2. The first kappa shape index (κ1) is 24.7. The van der Waals surface area contributed by atoms with Gasteiger partial charge in [-0.05, 0) is 42.0 Å². The average molecular weight is 481 g/mol. The molecule has 2 aromatic rings. The summed E-state index contributed by atoms with van der Waals surface area (Å²) in [5.74, 6) is -2.45. The van der Waals surface area contributed by atoms with Gasteiger partial charge in [-0.1, -0.05) is 67.8 Å². The van der Waals surface area contributed by atoms with Gasteiger partial charge in [0, 0.05) is 12.0 Å². The fraction of sp³-hybridized carbons (Fsp3) is 0.444. The molecule has 2 amide bonds. The van der Waals surface area contributed by atoms with Crippen molar-refractivity contribution in [3.05, 3.63) is 59.7 Å². The molecule has 0 heterocycles. The minimum atomic E-state index is -1.40. The number of benzene rings is 2. The van der Waals surface area contributed by atoms with Crippen LogP contribution >= 0.6 is 0 Å². The number of aliphatic hydroxyl groups excluding tert-OH is 1. The molecule has 2 aromatic carbocycles. The first-order valence-corrected chi connectivity index (χ1v) is 12.2. The predicted molar refractivity (Wildman–Crippen MR) is 130 cm³/mol. The Hall–Kier alpha value is -3.39. The molecule has 4 unspecified atom stereocenters. The monoisotopic (exact) mass is 480 g/mol. The maximum Gasteiger partial charge on any atom is 0.407 e. The first-order chi connectivity index (χ1) is 16.9. The lowest BCUT2D eigenvalue weighted by molar-refractivity contribution is -0.145. The van der Waals surface area contributed by atoms with Gasteiger partial charge in [-0.25, -0.2) is 9.59 Å². The Bertz CT molecular complexity index is 1040. The molecule has 4 N–H and O–H groups in total. The van der Waals surface area contributed by atoms with Crippen LogP contribution in [0.3, 0.4) is 0 Å². The number of carbonyl (C=O) groups is 3. The highest BCUT2D eigenvalue weighted by atomic mass is 16.5. The maximum atomic E-state index is 12.9. The van der Waals surface area contributed by atoms with Crippen molar-refractivity contribution >= 4 is 18.0 Å². The molecule has 35 heavy (non-hydrogen) atoms. The van der Waals surface area contributed by atoms with E-state index in [2.05, 4.69) is 22.8 Å². The van der Waals surface area contributed by atoms with Crippen molar-refractivity contribution in [2.75, 3.05) is 6.61 Å². The van der Waals surface area contributed by atoms with Crippen LogP contribution in [0.1, 0.15) is 56.1 Å². The lowest BCUT2D eigenvalue weighted by Gasteiger charge is -2.27. The summed E-state index contributed by atoms with van der Waals surface area (Å²) in [5, 5.41) is 24.3. The van der Waals surface area contributed by atoms with E-state index < -0.39 is 42.1 Å². The van der Waals surface area contributed by atoms with Crippen LogP contribution in [-0.4, -0.2) is 53.0 Å². The Morgan fingerprint density at radius 1 is 0.971 bits per heavy atom. The number of aliphatic carboxylic acids is 1. The molecular weight excluding hydrogens is 448 g/mol. The first-order valence-electron chi connectivity index (χ1n) is 12.2. The van der Waals surface area contributed by atoms with E-state index in [0.717, 1.165) is 41.5 Å². The topological polar surface area (TPSA) is 125 Å². The maximum absolute atomic E-state index is 12.9. The number of rotatable bonds is 7. The number of ether oxygens (including phenoxy) is 1. The fourth-order valence-electron chi connectivity index (χ4n) is 5.23. The summed E-state index contributed by atoms with van der Waals surface area (Å²) in [6.07, 6.45) is 1.84. The third kappa shape index (κ3) is 5.48. The summed E-state index contributed by atoms with van der Waals surface area (Å²) < 4.78 is 5.65. The van der Waals surface area contributed by atoms with E-state index >= 15 is 0 Å². The van der Waals surface area contributed by atoms with Gasteiger partial charge in [0.25, 0.3) is 0 Å². The van der Waals surface area contributed by atoms with Gasteiger partial charge in [0.2, 0.25) is 5.91 Å². The Morgan fingerprint density at radius 2 is 1.57 bits per heavy atom. The molecule has 8 heteroatoms. The van der Waals surface area contributed by atoms with Crippen molar-refractivity contribution in [1.29, 1.82) is 0 Å². The Balaban J connectivity index is 1.42. The van der Waals surface area contributed by atoms with Gasteiger partial charge in [-0.3, -0.25) is 4.79 Å². The van der Waals surface area contributed by atoms with Crippen molar-refractivity contribution in [3.63, 3.8) is 0 Å². The van der Waals surface area contributed by atoms with E-state index in [4.69, 9.17) is 4.74 Å². The van der Waals surface area contributed by atoms with Gasteiger partial charge < -0.3 is 25.6 Å². The van der Waals surface area contributed by atoms with E-state index in [1.54, 1.807) is 0 Å². The molecule has 1 saturated carbocycles. The van der Waals surface area contributed by atoms with Gasteiger partial charge in [-0.2, -0.15) is 0 Å². The molecule has 2 aliphatic carbocycles. The molecule has 186 valence electrons. The van der Waals surface area contributed by atoms with Crippen LogP contribution in [0, 0.1) is 5.92 Å². The van der Waals surface area contributed by atoms with Crippen molar-refractivity contribution in [2.24, 2.45) is 5.92 Å². The quantitative estimate of drug-likeness (QED) is 0.450. The molecule has 4 rings (SSSR count). The van der Waals surface area contributed by atoms with E-state index in [9.17, 15) is 24.6 Å². The van der Waals surface area contributed by atoms with Crippen LogP contribution in [0.25, 0.3) is 11.1 Å². The average Bonchev–Trinajstić information content (AvgIpc) is 2.97. The van der Waals surface area contributed by atoms with Gasteiger partial charge >= 0.3 is 12.1 Å². The highest BCUT2D eigenvalue weighted by molar-refractivity contribution is 5.86. The number of hydrogen-bond acceptors (Lipinski definition) is 5. The zero-order valence-electron chi connectivity index (χ0n) is 19.8. The minimum Gasteiger partial charge on any atom is -0.480 e. The van der Waals surface area contributed by atoms with Crippen molar-refractivity contribution in [1.82, 2.24) is 10.6 Å². The zero-order chi connectivity index (χ0) is 24.9. The van der Waals surface area contributed by atoms with Crippen molar-refractivity contribution < 1.29 is 29.3 Å². The van der Waals surface area contributed by atoms with Gasteiger partial charge in [0.05, 0.1) is 12.0 Å². The van der Waals surface area contributed by atoms with E-state index in [0.29, 0.717) is 12.8 Å². The second kappa shape index (κ2) is 10.9. The third-order valence-corrected chi connectivity index (χ3v) is 7.05. The molecule has 0 bridgehead atoms. The number of carboxylic acid groups (broad SMARTS) is 1. The normalized spacial score (nSPS) is 21.1. The van der Waals surface area contributed by atoms with Gasteiger partial charge in [0.15, 0.2) is 6.04 Å².